The number of nitriles is 1. The molecule has 0 spiro atoms. The van der Waals surface area contributed by atoms with Crippen LogP contribution in [-0.4, -0.2) is 30.8 Å². The summed E-state index contributed by atoms with van der Waals surface area (Å²) in [5.74, 6) is 0.708. The van der Waals surface area contributed by atoms with E-state index in [-0.39, 0.29) is 17.7 Å². The molecule has 0 aliphatic heterocycles. The lowest BCUT2D eigenvalue weighted by molar-refractivity contribution is 0.0988. The van der Waals surface area contributed by atoms with Crippen LogP contribution in [0.2, 0.25) is 0 Å². The second kappa shape index (κ2) is 10.2. The summed E-state index contributed by atoms with van der Waals surface area (Å²) < 4.78 is 6.79. The van der Waals surface area contributed by atoms with E-state index in [9.17, 15) is 10.1 Å². The maximum atomic E-state index is 12.1. The molecule has 4 aromatic rings. The van der Waals surface area contributed by atoms with E-state index in [4.69, 9.17) is 4.52 Å². The summed E-state index contributed by atoms with van der Waals surface area (Å²) >= 11 is 0. The minimum atomic E-state index is -0.371. The number of anilines is 3. The normalized spacial score (nSPS) is 14.4. The second-order valence-corrected chi connectivity index (χ2v) is 8.48. The van der Waals surface area contributed by atoms with E-state index >= 15 is 0 Å². The van der Waals surface area contributed by atoms with Gasteiger partial charge >= 0.3 is 0 Å². The van der Waals surface area contributed by atoms with Gasteiger partial charge in [0.25, 0.3) is 5.91 Å². The third kappa shape index (κ3) is 5.19. The molecule has 35 heavy (non-hydrogen) atoms. The van der Waals surface area contributed by atoms with Crippen molar-refractivity contribution in [1.82, 2.24) is 24.9 Å². The molecular weight excluding hydrogens is 444 g/mol. The molecule has 1 aromatic carbocycles. The molecule has 5 rings (SSSR count). The van der Waals surface area contributed by atoms with Gasteiger partial charge in [0.05, 0.1) is 36.6 Å². The highest BCUT2D eigenvalue weighted by Crippen LogP contribution is 2.36. The largest absolute Gasteiger partial charge is 0.351 e. The van der Waals surface area contributed by atoms with Crippen molar-refractivity contribution in [2.24, 2.45) is 5.92 Å². The molecule has 10 nitrogen and oxygen atoms in total. The number of carbonyl (C=O) groups is 1. The van der Waals surface area contributed by atoms with Crippen LogP contribution in [-0.2, 0) is 0 Å². The van der Waals surface area contributed by atoms with Crippen molar-refractivity contribution in [2.45, 2.75) is 38.1 Å². The molecule has 0 bridgehead atoms. The maximum Gasteiger partial charge on any atom is 0.294 e. The zero-order valence-corrected chi connectivity index (χ0v) is 19.0. The topological polar surface area (TPSA) is 135 Å². The summed E-state index contributed by atoms with van der Waals surface area (Å²) in [5, 5.41) is 23.3. The summed E-state index contributed by atoms with van der Waals surface area (Å²) in [6.45, 7) is 0. The molecule has 1 atom stereocenters. The Hall–Kier alpha value is -4.52. The van der Waals surface area contributed by atoms with Gasteiger partial charge in [-0.05, 0) is 49.1 Å². The number of hydrogen-bond donors (Lipinski definition) is 2. The molecule has 1 saturated carbocycles. The molecule has 3 heterocycles. The number of rotatable bonds is 8. The van der Waals surface area contributed by atoms with Crippen molar-refractivity contribution in [2.75, 3.05) is 10.6 Å². The summed E-state index contributed by atoms with van der Waals surface area (Å²) in [6, 6.07) is 12.9. The fraction of sp³-hybridized carbons (Fsp3) is 0.280. The van der Waals surface area contributed by atoms with E-state index in [2.05, 4.69) is 36.9 Å². The van der Waals surface area contributed by atoms with Gasteiger partial charge in [-0.25, -0.2) is 9.97 Å². The Labute approximate surface area is 202 Å². The Balaban J connectivity index is 1.26. The summed E-state index contributed by atoms with van der Waals surface area (Å²) in [7, 11) is 0. The molecule has 0 saturated heterocycles. The third-order valence-electron chi connectivity index (χ3n) is 6.20. The number of nitrogens with one attached hydrogen (secondary N) is 2. The predicted octanol–water partition coefficient (Wildman–Crippen LogP) is 4.97. The van der Waals surface area contributed by atoms with Gasteiger partial charge in [-0.1, -0.05) is 18.0 Å². The molecule has 1 aliphatic rings. The first-order valence-electron chi connectivity index (χ1n) is 11.5. The van der Waals surface area contributed by atoms with Crippen LogP contribution >= 0.6 is 0 Å². The van der Waals surface area contributed by atoms with E-state index in [0.717, 1.165) is 29.8 Å². The van der Waals surface area contributed by atoms with Gasteiger partial charge in [-0.15, -0.1) is 0 Å². The van der Waals surface area contributed by atoms with Crippen LogP contribution in [0.1, 0.15) is 48.7 Å². The molecule has 1 aliphatic carbocycles. The molecule has 3 aromatic heterocycles. The van der Waals surface area contributed by atoms with E-state index < -0.39 is 0 Å². The van der Waals surface area contributed by atoms with Gasteiger partial charge in [0.15, 0.2) is 0 Å². The molecule has 176 valence electrons. The quantitative estimate of drug-likeness (QED) is 0.370. The van der Waals surface area contributed by atoms with Crippen LogP contribution < -0.4 is 10.6 Å². The van der Waals surface area contributed by atoms with Crippen molar-refractivity contribution in [3.05, 3.63) is 66.9 Å². The van der Waals surface area contributed by atoms with E-state index in [1.54, 1.807) is 24.5 Å². The third-order valence-corrected chi connectivity index (χ3v) is 6.20. The van der Waals surface area contributed by atoms with Gasteiger partial charge in [0, 0.05) is 35.4 Å². The van der Waals surface area contributed by atoms with Crippen molar-refractivity contribution < 1.29 is 9.32 Å². The van der Waals surface area contributed by atoms with Crippen LogP contribution in [0, 0.1) is 17.2 Å². The van der Waals surface area contributed by atoms with Crippen LogP contribution in [0.3, 0.4) is 0 Å². The fourth-order valence-electron chi connectivity index (χ4n) is 4.43. The van der Waals surface area contributed by atoms with Crippen LogP contribution in [0.5, 0.6) is 0 Å². The Kier molecular flexibility index (Phi) is 6.48. The molecule has 2 N–H and O–H groups in total. The minimum absolute atomic E-state index is 0.0961. The average molecular weight is 469 g/mol. The van der Waals surface area contributed by atoms with E-state index in [1.807, 2.05) is 29.1 Å². The van der Waals surface area contributed by atoms with Crippen LogP contribution in [0.4, 0.5) is 17.3 Å². The van der Waals surface area contributed by atoms with Crippen molar-refractivity contribution in [3.63, 3.8) is 0 Å². The number of nitrogens with zero attached hydrogens (tertiary/aromatic N) is 6. The van der Waals surface area contributed by atoms with Gasteiger partial charge in [0.2, 0.25) is 11.7 Å². The van der Waals surface area contributed by atoms with Crippen LogP contribution in [0.25, 0.3) is 11.3 Å². The molecule has 1 fully saturated rings. The number of carbonyl (C=O) groups excluding carboxylic acids is 1. The molecule has 1 amide bonds. The maximum absolute atomic E-state index is 12.1. The van der Waals surface area contributed by atoms with Gasteiger partial charge in [-0.3, -0.25) is 9.48 Å². The second-order valence-electron chi connectivity index (χ2n) is 8.48. The number of benzene rings is 1. The number of aromatic nitrogens is 5. The Morgan fingerprint density at radius 2 is 1.94 bits per heavy atom. The van der Waals surface area contributed by atoms with Gasteiger partial charge in [0.1, 0.15) is 0 Å². The zero-order valence-electron chi connectivity index (χ0n) is 19.0. The fourth-order valence-corrected chi connectivity index (χ4v) is 4.43. The highest BCUT2D eigenvalue weighted by Gasteiger charge is 2.27. The first-order valence-corrected chi connectivity index (χ1v) is 11.5. The van der Waals surface area contributed by atoms with E-state index in [1.165, 1.54) is 25.1 Å². The first kappa shape index (κ1) is 22.3. The van der Waals surface area contributed by atoms with Crippen molar-refractivity contribution in [1.29, 1.82) is 5.26 Å². The molecular formula is C25H24N8O2. The lowest BCUT2D eigenvalue weighted by Gasteiger charge is -2.21. The molecule has 0 radical (unpaired) electrons. The predicted molar refractivity (Wildman–Crippen MR) is 129 cm³/mol. The summed E-state index contributed by atoms with van der Waals surface area (Å²) in [4.78, 5) is 21.0. The van der Waals surface area contributed by atoms with Crippen molar-refractivity contribution in [3.8, 4) is 17.3 Å². The number of amides is 1. The monoisotopic (exact) mass is 468 g/mol. The van der Waals surface area contributed by atoms with E-state index in [0.29, 0.717) is 24.0 Å². The SMILES string of the molecule is N#CCC(C1CCCC1)n1cc(-c2ccnc(Nc3ccc(NC(=O)c4ccno4)cc3)n2)cn1. The van der Waals surface area contributed by atoms with Gasteiger partial charge < -0.3 is 15.2 Å². The Morgan fingerprint density at radius 1 is 1.14 bits per heavy atom. The van der Waals surface area contributed by atoms with Crippen LogP contribution in [0.15, 0.2) is 65.7 Å². The summed E-state index contributed by atoms with van der Waals surface area (Å²) in [5.41, 5.74) is 3.01. The highest BCUT2D eigenvalue weighted by molar-refractivity contribution is 6.02. The first-order chi connectivity index (χ1) is 17.2. The Morgan fingerprint density at radius 3 is 2.69 bits per heavy atom. The summed E-state index contributed by atoms with van der Waals surface area (Å²) in [6.07, 6.45) is 12.1. The number of hydrogen-bond acceptors (Lipinski definition) is 8. The lowest BCUT2D eigenvalue weighted by Crippen LogP contribution is -2.17. The zero-order chi connectivity index (χ0) is 24.0. The van der Waals surface area contributed by atoms with Gasteiger partial charge in [-0.2, -0.15) is 10.4 Å². The highest BCUT2D eigenvalue weighted by atomic mass is 16.5. The van der Waals surface area contributed by atoms with Crippen molar-refractivity contribution >= 4 is 23.2 Å². The minimum Gasteiger partial charge on any atom is -0.351 e. The standard InChI is InChI=1S/C25H24N8O2/c26-12-9-22(17-3-1-2-4-17)33-16-18(15-28-33)21-10-13-27-25(32-21)31-20-7-5-19(6-8-20)30-24(34)23-11-14-29-35-23/h5-8,10-11,13-17,22H,1-4,9H2,(H,30,34)(H,27,31,32). The average Bonchev–Trinajstić information content (AvgIpc) is 3.67. The Bertz CT molecular complexity index is 1320. The smallest absolute Gasteiger partial charge is 0.294 e. The lowest BCUT2D eigenvalue weighted by atomic mass is 9.96. The molecule has 1 unspecified atom stereocenters. The molecule has 10 heteroatoms.